The topological polar surface area (TPSA) is 32.8 Å². The van der Waals surface area contributed by atoms with Gasteiger partial charge in [0.15, 0.2) is 0 Å². The van der Waals surface area contributed by atoms with Gasteiger partial charge in [-0.05, 0) is 63.4 Å². The van der Waals surface area contributed by atoms with Crippen LogP contribution in [0.4, 0.5) is 5.69 Å². The standard InChI is InChI=1S/C23H30N2O2/c1-3-23-12-7-8-13-24-14-11-17-16-9-5-6-10-18(16)25(20(17)21(23)24)19(15-23)22(26)27-4-2/h5-6,9-10,15,17,20-21H,3-4,7-8,11-14H2,1-2H3. The number of carbonyl (C=O) groups is 1. The minimum atomic E-state index is -0.152. The highest BCUT2D eigenvalue weighted by Crippen LogP contribution is 2.57. The first-order valence-corrected chi connectivity index (χ1v) is 10.7. The largest absolute Gasteiger partial charge is 0.461 e. The molecule has 1 aromatic rings. The highest BCUT2D eigenvalue weighted by atomic mass is 16.5. The zero-order valence-corrected chi connectivity index (χ0v) is 16.5. The number of ether oxygens (including phenoxy) is 1. The molecule has 4 aliphatic rings. The van der Waals surface area contributed by atoms with Crippen LogP contribution in [0.2, 0.25) is 0 Å². The van der Waals surface area contributed by atoms with Gasteiger partial charge in [-0.25, -0.2) is 4.79 Å². The third-order valence-corrected chi connectivity index (χ3v) is 7.50. The number of rotatable bonds is 3. The number of nitrogens with zero attached hydrogens (tertiary/aromatic N) is 2. The Hall–Kier alpha value is -1.81. The van der Waals surface area contributed by atoms with Crippen LogP contribution in [0.15, 0.2) is 36.0 Å². The lowest BCUT2D eigenvalue weighted by Crippen LogP contribution is -2.64. The average Bonchev–Trinajstić information content (AvgIpc) is 2.91. The van der Waals surface area contributed by atoms with E-state index in [1.54, 1.807) is 0 Å². The summed E-state index contributed by atoms with van der Waals surface area (Å²) >= 11 is 0. The second-order valence-electron chi connectivity index (χ2n) is 8.59. The zero-order chi connectivity index (χ0) is 18.6. The van der Waals surface area contributed by atoms with Crippen LogP contribution in [-0.2, 0) is 9.53 Å². The van der Waals surface area contributed by atoms with E-state index in [4.69, 9.17) is 4.74 Å². The lowest BCUT2D eigenvalue weighted by Gasteiger charge is -2.56. The van der Waals surface area contributed by atoms with Crippen molar-refractivity contribution in [1.82, 2.24) is 4.90 Å². The van der Waals surface area contributed by atoms with Crippen LogP contribution in [0.1, 0.15) is 57.4 Å². The molecule has 0 saturated carbocycles. The minimum absolute atomic E-state index is 0.0838. The molecular weight excluding hydrogens is 336 g/mol. The third kappa shape index (κ3) is 2.35. The Labute approximate surface area is 162 Å². The van der Waals surface area contributed by atoms with E-state index >= 15 is 0 Å². The monoisotopic (exact) mass is 366 g/mol. The van der Waals surface area contributed by atoms with Crippen molar-refractivity contribution in [1.29, 1.82) is 0 Å². The number of anilines is 1. The molecule has 4 heteroatoms. The van der Waals surface area contributed by atoms with Crippen molar-refractivity contribution in [2.75, 3.05) is 24.6 Å². The van der Waals surface area contributed by atoms with E-state index in [-0.39, 0.29) is 11.4 Å². The summed E-state index contributed by atoms with van der Waals surface area (Å²) in [7, 11) is 0. The number of esters is 1. The molecule has 4 aliphatic heterocycles. The number of fused-ring (bicyclic) bond motifs is 3. The lowest BCUT2D eigenvalue weighted by molar-refractivity contribution is -0.139. The van der Waals surface area contributed by atoms with Crippen molar-refractivity contribution in [3.63, 3.8) is 0 Å². The van der Waals surface area contributed by atoms with Crippen LogP contribution >= 0.6 is 0 Å². The summed E-state index contributed by atoms with van der Waals surface area (Å²) < 4.78 is 5.52. The molecule has 2 fully saturated rings. The van der Waals surface area contributed by atoms with E-state index in [0.717, 1.165) is 12.1 Å². The number of carbonyl (C=O) groups excluding carboxylic acids is 1. The summed E-state index contributed by atoms with van der Waals surface area (Å²) in [5, 5.41) is 0. The predicted molar refractivity (Wildman–Crippen MR) is 107 cm³/mol. The second-order valence-corrected chi connectivity index (χ2v) is 8.59. The molecule has 1 aromatic carbocycles. The van der Waals surface area contributed by atoms with Gasteiger partial charge in [0.25, 0.3) is 0 Å². The summed E-state index contributed by atoms with van der Waals surface area (Å²) in [6.45, 7) is 7.01. The van der Waals surface area contributed by atoms with Gasteiger partial charge in [-0.1, -0.05) is 31.5 Å². The molecule has 0 N–H and O–H groups in total. The van der Waals surface area contributed by atoms with E-state index in [1.165, 1.54) is 50.0 Å². The first kappa shape index (κ1) is 17.3. The van der Waals surface area contributed by atoms with Gasteiger partial charge in [0.1, 0.15) is 5.70 Å². The second kappa shape index (κ2) is 6.37. The summed E-state index contributed by atoms with van der Waals surface area (Å²) in [5.41, 5.74) is 3.52. The summed E-state index contributed by atoms with van der Waals surface area (Å²) in [6, 6.07) is 9.58. The first-order chi connectivity index (χ1) is 13.2. The zero-order valence-electron chi connectivity index (χ0n) is 16.5. The smallest absolute Gasteiger partial charge is 0.354 e. The fraction of sp³-hybridized carbons (Fsp3) is 0.609. The molecule has 0 aliphatic carbocycles. The number of hydrogen-bond acceptors (Lipinski definition) is 4. The SMILES string of the molecule is CCOC(=O)C1=CC2(CC)CCCCN3CCC4c5ccccc5N1C4C32. The molecule has 5 rings (SSSR count). The molecule has 0 bridgehead atoms. The Bertz CT molecular complexity index is 788. The van der Waals surface area contributed by atoms with Crippen LogP contribution < -0.4 is 4.90 Å². The van der Waals surface area contributed by atoms with Crippen molar-refractivity contribution in [3.8, 4) is 0 Å². The molecule has 0 radical (unpaired) electrons. The average molecular weight is 367 g/mol. The fourth-order valence-electron chi connectivity index (χ4n) is 6.40. The molecular formula is C23H30N2O2. The van der Waals surface area contributed by atoms with Gasteiger partial charge < -0.3 is 9.64 Å². The molecule has 4 atom stereocenters. The van der Waals surface area contributed by atoms with Crippen LogP contribution in [0.5, 0.6) is 0 Å². The molecule has 0 amide bonds. The van der Waals surface area contributed by atoms with Crippen molar-refractivity contribution in [3.05, 3.63) is 41.6 Å². The van der Waals surface area contributed by atoms with Crippen LogP contribution in [0, 0.1) is 5.41 Å². The maximum Gasteiger partial charge on any atom is 0.354 e. The maximum atomic E-state index is 13.0. The molecule has 4 unspecified atom stereocenters. The van der Waals surface area contributed by atoms with Gasteiger partial charge in [-0.15, -0.1) is 0 Å². The van der Waals surface area contributed by atoms with Crippen molar-refractivity contribution in [2.24, 2.45) is 5.41 Å². The summed E-state index contributed by atoms with van der Waals surface area (Å²) in [6.07, 6.45) is 8.29. The molecule has 0 spiro atoms. The van der Waals surface area contributed by atoms with E-state index in [9.17, 15) is 4.79 Å². The Morgan fingerprint density at radius 1 is 1.22 bits per heavy atom. The predicted octanol–water partition coefficient (Wildman–Crippen LogP) is 4.07. The van der Waals surface area contributed by atoms with Crippen molar-refractivity contribution >= 4 is 11.7 Å². The summed E-state index contributed by atoms with van der Waals surface area (Å²) in [4.78, 5) is 18.1. The van der Waals surface area contributed by atoms with Gasteiger partial charge in [0.2, 0.25) is 0 Å². The number of piperidine rings is 1. The first-order valence-electron chi connectivity index (χ1n) is 10.7. The third-order valence-electron chi connectivity index (χ3n) is 7.50. The van der Waals surface area contributed by atoms with Gasteiger partial charge in [0.05, 0.1) is 12.6 Å². The molecule has 4 nitrogen and oxygen atoms in total. The van der Waals surface area contributed by atoms with Crippen molar-refractivity contribution in [2.45, 2.75) is 64.0 Å². The Kier molecular flexibility index (Phi) is 4.08. The lowest BCUT2D eigenvalue weighted by atomic mass is 9.64. The van der Waals surface area contributed by atoms with Crippen LogP contribution in [-0.4, -0.2) is 42.6 Å². The molecule has 144 valence electrons. The normalized spacial score (nSPS) is 34.4. The van der Waals surface area contributed by atoms with Gasteiger partial charge >= 0.3 is 5.97 Å². The van der Waals surface area contributed by atoms with E-state index in [0.29, 0.717) is 24.6 Å². The Morgan fingerprint density at radius 3 is 2.89 bits per heavy atom. The number of benzene rings is 1. The van der Waals surface area contributed by atoms with E-state index in [2.05, 4.69) is 47.1 Å². The fourth-order valence-corrected chi connectivity index (χ4v) is 6.40. The Morgan fingerprint density at radius 2 is 2.07 bits per heavy atom. The van der Waals surface area contributed by atoms with Crippen molar-refractivity contribution < 1.29 is 9.53 Å². The molecule has 4 heterocycles. The van der Waals surface area contributed by atoms with E-state index in [1.807, 2.05) is 6.92 Å². The molecule has 0 aromatic heterocycles. The highest BCUT2D eigenvalue weighted by molar-refractivity contribution is 5.95. The minimum Gasteiger partial charge on any atom is -0.461 e. The van der Waals surface area contributed by atoms with Crippen LogP contribution in [0.3, 0.4) is 0 Å². The number of hydrogen-bond donors (Lipinski definition) is 0. The number of para-hydroxylation sites is 1. The van der Waals surface area contributed by atoms with Gasteiger partial charge in [-0.3, -0.25) is 4.90 Å². The van der Waals surface area contributed by atoms with Gasteiger partial charge in [-0.2, -0.15) is 0 Å². The molecule has 27 heavy (non-hydrogen) atoms. The maximum absolute atomic E-state index is 13.0. The molecule has 2 saturated heterocycles. The highest BCUT2D eigenvalue weighted by Gasteiger charge is 2.58. The Balaban J connectivity index is 1.72. The summed E-state index contributed by atoms with van der Waals surface area (Å²) in [5.74, 6) is 0.366. The quantitative estimate of drug-likeness (QED) is 0.755. The van der Waals surface area contributed by atoms with Gasteiger partial charge in [0, 0.05) is 23.1 Å². The van der Waals surface area contributed by atoms with E-state index < -0.39 is 0 Å². The van der Waals surface area contributed by atoms with Crippen LogP contribution in [0.25, 0.3) is 0 Å².